The lowest BCUT2D eigenvalue weighted by Crippen LogP contribution is -2.46. The highest BCUT2D eigenvalue weighted by molar-refractivity contribution is 5.25. The Kier molecular flexibility index (Phi) is 7.10. The smallest absolute Gasteiger partial charge is 0.0234 e. The Labute approximate surface area is 143 Å². The van der Waals surface area contributed by atoms with Gasteiger partial charge in [-0.2, -0.15) is 0 Å². The maximum absolute atomic E-state index is 2.63. The molecule has 130 valence electrons. The summed E-state index contributed by atoms with van der Waals surface area (Å²) >= 11 is 0. The first-order valence-corrected chi connectivity index (χ1v) is 9.49. The number of nitrogens with zero attached hydrogens (tertiary/aromatic N) is 2. The van der Waals surface area contributed by atoms with Crippen LogP contribution in [-0.4, -0.2) is 42.5 Å². The first-order chi connectivity index (χ1) is 11.0. The van der Waals surface area contributed by atoms with Gasteiger partial charge in [0, 0.05) is 32.7 Å². The van der Waals surface area contributed by atoms with Gasteiger partial charge in [0.2, 0.25) is 0 Å². The zero-order valence-corrected chi connectivity index (χ0v) is 15.9. The lowest BCUT2D eigenvalue weighted by Gasteiger charge is -2.35. The average Bonchev–Trinajstić information content (AvgIpc) is 2.54. The Morgan fingerprint density at radius 2 is 1.39 bits per heavy atom. The molecule has 1 aromatic rings. The number of hydrogen-bond donors (Lipinski definition) is 0. The maximum atomic E-state index is 2.63. The van der Waals surface area contributed by atoms with Crippen LogP contribution < -0.4 is 0 Å². The third-order valence-corrected chi connectivity index (χ3v) is 5.40. The van der Waals surface area contributed by atoms with Crippen LogP contribution in [0.2, 0.25) is 0 Å². The van der Waals surface area contributed by atoms with E-state index in [2.05, 4.69) is 68.7 Å². The minimum absolute atomic E-state index is 0.647. The SMILES string of the molecule is CC(C)CCN1CCN(Cc2ccc(C(C)C(C)C)cc2)CC1. The van der Waals surface area contributed by atoms with Crippen molar-refractivity contribution < 1.29 is 0 Å². The van der Waals surface area contributed by atoms with Crippen molar-refractivity contribution in [3.63, 3.8) is 0 Å². The van der Waals surface area contributed by atoms with E-state index in [0.29, 0.717) is 11.8 Å². The normalized spacial score (nSPS) is 18.7. The van der Waals surface area contributed by atoms with E-state index in [9.17, 15) is 0 Å². The Hall–Kier alpha value is -0.860. The van der Waals surface area contributed by atoms with Gasteiger partial charge in [0.1, 0.15) is 0 Å². The van der Waals surface area contributed by atoms with E-state index in [0.717, 1.165) is 12.5 Å². The van der Waals surface area contributed by atoms with E-state index in [1.54, 1.807) is 0 Å². The number of hydrogen-bond acceptors (Lipinski definition) is 2. The van der Waals surface area contributed by atoms with Crippen LogP contribution in [0.4, 0.5) is 0 Å². The molecule has 0 radical (unpaired) electrons. The number of rotatable bonds is 7. The summed E-state index contributed by atoms with van der Waals surface area (Å²) in [6, 6.07) is 9.33. The van der Waals surface area contributed by atoms with Crippen molar-refractivity contribution >= 4 is 0 Å². The Balaban J connectivity index is 1.78. The Bertz CT molecular complexity index is 441. The summed E-state index contributed by atoms with van der Waals surface area (Å²) in [5, 5.41) is 0. The van der Waals surface area contributed by atoms with E-state index < -0.39 is 0 Å². The monoisotopic (exact) mass is 316 g/mol. The molecule has 1 unspecified atom stereocenters. The van der Waals surface area contributed by atoms with Crippen LogP contribution in [0.5, 0.6) is 0 Å². The third kappa shape index (κ3) is 5.93. The van der Waals surface area contributed by atoms with Gasteiger partial charge in [-0.25, -0.2) is 0 Å². The van der Waals surface area contributed by atoms with Crippen LogP contribution in [-0.2, 0) is 6.54 Å². The van der Waals surface area contributed by atoms with Crippen molar-refractivity contribution in [2.24, 2.45) is 11.8 Å². The molecule has 0 saturated carbocycles. The predicted molar refractivity (Wildman–Crippen MR) is 101 cm³/mol. The summed E-state index contributed by atoms with van der Waals surface area (Å²) in [4.78, 5) is 5.23. The molecule has 1 fully saturated rings. The minimum atomic E-state index is 0.647. The second-order valence-electron chi connectivity index (χ2n) is 8.07. The molecule has 1 heterocycles. The molecule has 0 amide bonds. The van der Waals surface area contributed by atoms with E-state index in [4.69, 9.17) is 0 Å². The first-order valence-electron chi connectivity index (χ1n) is 9.49. The van der Waals surface area contributed by atoms with Crippen molar-refractivity contribution in [2.75, 3.05) is 32.7 Å². The predicted octanol–water partition coefficient (Wildman–Crippen LogP) is 4.61. The molecule has 2 nitrogen and oxygen atoms in total. The molecule has 0 aliphatic carbocycles. The Morgan fingerprint density at radius 1 is 0.826 bits per heavy atom. The highest BCUT2D eigenvalue weighted by Gasteiger charge is 2.17. The van der Waals surface area contributed by atoms with Gasteiger partial charge in [0.05, 0.1) is 0 Å². The maximum Gasteiger partial charge on any atom is 0.0234 e. The molecule has 1 saturated heterocycles. The van der Waals surface area contributed by atoms with Crippen LogP contribution in [0.15, 0.2) is 24.3 Å². The lowest BCUT2D eigenvalue weighted by molar-refractivity contribution is 0.123. The molecule has 1 aliphatic rings. The highest BCUT2D eigenvalue weighted by Crippen LogP contribution is 2.24. The van der Waals surface area contributed by atoms with Gasteiger partial charge in [-0.3, -0.25) is 4.90 Å². The molecule has 23 heavy (non-hydrogen) atoms. The summed E-state index contributed by atoms with van der Waals surface area (Å²) < 4.78 is 0. The molecule has 1 aliphatic heterocycles. The number of benzene rings is 1. The van der Waals surface area contributed by atoms with E-state index in [1.165, 1.54) is 50.3 Å². The fourth-order valence-electron chi connectivity index (χ4n) is 3.18. The van der Waals surface area contributed by atoms with Crippen molar-refractivity contribution in [1.82, 2.24) is 9.80 Å². The van der Waals surface area contributed by atoms with Gasteiger partial charge in [0.25, 0.3) is 0 Å². The van der Waals surface area contributed by atoms with Gasteiger partial charge < -0.3 is 4.90 Å². The molecule has 1 aromatic carbocycles. The van der Waals surface area contributed by atoms with E-state index >= 15 is 0 Å². The molecular formula is C21H36N2. The molecule has 0 bridgehead atoms. The lowest BCUT2D eigenvalue weighted by atomic mass is 9.90. The summed E-state index contributed by atoms with van der Waals surface area (Å²) in [5.74, 6) is 2.17. The fourth-order valence-corrected chi connectivity index (χ4v) is 3.18. The van der Waals surface area contributed by atoms with Crippen molar-refractivity contribution in [2.45, 2.75) is 53.5 Å². The number of piperazine rings is 1. The average molecular weight is 317 g/mol. The molecule has 0 N–H and O–H groups in total. The molecule has 1 atom stereocenters. The van der Waals surface area contributed by atoms with Gasteiger partial charge in [-0.1, -0.05) is 58.9 Å². The molecule has 0 spiro atoms. The summed E-state index contributed by atoms with van der Waals surface area (Å²) in [6.45, 7) is 18.8. The first kappa shape index (κ1) is 18.5. The zero-order chi connectivity index (χ0) is 16.8. The highest BCUT2D eigenvalue weighted by atomic mass is 15.3. The molecular weight excluding hydrogens is 280 g/mol. The van der Waals surface area contributed by atoms with Gasteiger partial charge >= 0.3 is 0 Å². The molecule has 0 aromatic heterocycles. The van der Waals surface area contributed by atoms with E-state index in [1.807, 2.05) is 0 Å². The van der Waals surface area contributed by atoms with Crippen LogP contribution >= 0.6 is 0 Å². The van der Waals surface area contributed by atoms with Crippen LogP contribution in [0.25, 0.3) is 0 Å². The van der Waals surface area contributed by atoms with E-state index in [-0.39, 0.29) is 0 Å². The van der Waals surface area contributed by atoms with Crippen molar-refractivity contribution in [3.05, 3.63) is 35.4 Å². The second kappa shape index (κ2) is 8.84. The van der Waals surface area contributed by atoms with Gasteiger partial charge in [0.15, 0.2) is 0 Å². The second-order valence-corrected chi connectivity index (χ2v) is 8.07. The standard InChI is InChI=1S/C21H36N2/c1-17(2)10-11-22-12-14-23(15-13-22)16-20-6-8-21(9-7-20)19(5)18(3)4/h6-9,17-19H,10-16H2,1-5H3. The van der Waals surface area contributed by atoms with Crippen molar-refractivity contribution in [3.8, 4) is 0 Å². The van der Waals surface area contributed by atoms with Gasteiger partial charge in [-0.05, 0) is 41.8 Å². The van der Waals surface area contributed by atoms with Crippen LogP contribution in [0, 0.1) is 11.8 Å². The van der Waals surface area contributed by atoms with Gasteiger partial charge in [-0.15, -0.1) is 0 Å². The molecule has 2 rings (SSSR count). The topological polar surface area (TPSA) is 6.48 Å². The largest absolute Gasteiger partial charge is 0.301 e. The zero-order valence-electron chi connectivity index (χ0n) is 15.9. The Morgan fingerprint density at radius 3 is 1.91 bits per heavy atom. The third-order valence-electron chi connectivity index (χ3n) is 5.40. The summed E-state index contributed by atoms with van der Waals surface area (Å²) in [6.07, 6.45) is 1.33. The van der Waals surface area contributed by atoms with Crippen LogP contribution in [0.3, 0.4) is 0 Å². The minimum Gasteiger partial charge on any atom is -0.301 e. The van der Waals surface area contributed by atoms with Crippen LogP contribution in [0.1, 0.15) is 58.1 Å². The molecule has 2 heteroatoms. The summed E-state index contributed by atoms with van der Waals surface area (Å²) in [5.41, 5.74) is 2.93. The quantitative estimate of drug-likeness (QED) is 0.725. The fraction of sp³-hybridized carbons (Fsp3) is 0.714. The summed E-state index contributed by atoms with van der Waals surface area (Å²) in [7, 11) is 0. The van der Waals surface area contributed by atoms with Crippen molar-refractivity contribution in [1.29, 1.82) is 0 Å².